The largest absolute Gasteiger partial charge is 0.463 e. The normalized spacial score (nSPS) is 17.6. The fraction of sp³-hybridized carbons (Fsp3) is 0.214. The van der Waals surface area contributed by atoms with Gasteiger partial charge >= 0.3 is 17.9 Å². The number of likely N-dealkylation sites (N-methyl/N-ethyl adjacent to an activating group) is 1. The Morgan fingerprint density at radius 3 is 1.80 bits per heavy atom. The number of imidazole rings is 1. The molecule has 0 bridgehead atoms. The van der Waals surface area contributed by atoms with E-state index in [4.69, 9.17) is 18.9 Å². The van der Waals surface area contributed by atoms with Crippen LogP contribution in [-0.4, -0.2) is 81.8 Å². The SMILES string of the molecule is CCNC(=O)[C@H]1O[C@@H](n2cnc3c(NCC(c4ccccc4)c4ccccc4)nc(C(=O)OC)nc32)[C@@H](OC(=O)c2ccccc2)[C@H]1OC(=O)c1ccccc1. The number of nitrogens with zero attached hydrogens (tertiary/aromatic N) is 4. The van der Waals surface area contributed by atoms with E-state index in [0.717, 1.165) is 11.1 Å². The molecular formula is C42H38N6O8. The lowest BCUT2D eigenvalue weighted by Gasteiger charge is -2.24. The third-order valence-corrected chi connectivity index (χ3v) is 9.24. The molecule has 4 aromatic carbocycles. The quantitative estimate of drug-likeness (QED) is 0.115. The van der Waals surface area contributed by atoms with Crippen molar-refractivity contribution < 1.29 is 38.1 Å². The van der Waals surface area contributed by atoms with Gasteiger partial charge in [-0.25, -0.2) is 29.3 Å². The maximum atomic E-state index is 13.7. The van der Waals surface area contributed by atoms with Crippen LogP contribution in [-0.2, 0) is 23.7 Å². The molecule has 1 amide bonds. The summed E-state index contributed by atoms with van der Waals surface area (Å²) in [6, 6.07) is 36.3. The van der Waals surface area contributed by atoms with Crippen molar-refractivity contribution in [2.75, 3.05) is 25.5 Å². The molecule has 1 aliphatic rings. The zero-order valence-electron chi connectivity index (χ0n) is 30.5. The van der Waals surface area contributed by atoms with Crippen molar-refractivity contribution in [2.45, 2.75) is 37.4 Å². The summed E-state index contributed by atoms with van der Waals surface area (Å²) in [7, 11) is 1.21. The molecule has 0 unspecified atom stereocenters. The van der Waals surface area contributed by atoms with Gasteiger partial charge in [0, 0.05) is 19.0 Å². The molecule has 2 N–H and O–H groups in total. The number of esters is 3. The Kier molecular flexibility index (Phi) is 11.4. The van der Waals surface area contributed by atoms with Crippen LogP contribution in [0.15, 0.2) is 128 Å². The van der Waals surface area contributed by atoms with Gasteiger partial charge in [0.25, 0.3) is 5.91 Å². The second-order valence-electron chi connectivity index (χ2n) is 12.8. The molecule has 14 nitrogen and oxygen atoms in total. The fourth-order valence-corrected chi connectivity index (χ4v) is 6.54. The number of carbonyl (C=O) groups is 4. The summed E-state index contributed by atoms with van der Waals surface area (Å²) in [5.74, 6) is -3.14. The molecule has 1 saturated heterocycles. The van der Waals surface area contributed by atoms with Crippen LogP contribution in [0.4, 0.5) is 5.82 Å². The molecule has 6 aromatic rings. The summed E-state index contributed by atoms with van der Waals surface area (Å²) in [5.41, 5.74) is 2.85. The van der Waals surface area contributed by atoms with E-state index in [1.165, 1.54) is 18.0 Å². The van der Waals surface area contributed by atoms with E-state index in [1.807, 2.05) is 60.7 Å². The minimum absolute atomic E-state index is 0.0920. The molecule has 3 heterocycles. The van der Waals surface area contributed by atoms with Crippen LogP contribution in [0, 0.1) is 0 Å². The second kappa shape index (κ2) is 17.0. The summed E-state index contributed by atoms with van der Waals surface area (Å²) in [5, 5.41) is 6.09. The van der Waals surface area contributed by atoms with E-state index < -0.39 is 48.4 Å². The Bertz CT molecular complexity index is 2270. The molecule has 0 saturated carbocycles. The molecule has 284 valence electrons. The number of fused-ring (bicyclic) bond motifs is 1. The van der Waals surface area contributed by atoms with E-state index >= 15 is 0 Å². The molecule has 1 fully saturated rings. The van der Waals surface area contributed by atoms with Crippen molar-refractivity contribution >= 4 is 40.8 Å². The predicted molar refractivity (Wildman–Crippen MR) is 204 cm³/mol. The van der Waals surface area contributed by atoms with Crippen LogP contribution in [0.2, 0.25) is 0 Å². The number of anilines is 1. The van der Waals surface area contributed by atoms with Gasteiger partial charge in [-0.15, -0.1) is 0 Å². The molecule has 1 aliphatic heterocycles. The summed E-state index contributed by atoms with van der Waals surface area (Å²) in [6.07, 6.45) is -4.23. The summed E-state index contributed by atoms with van der Waals surface area (Å²) >= 11 is 0. The number of methoxy groups -OCH3 is 1. The Labute approximate surface area is 321 Å². The van der Waals surface area contributed by atoms with Crippen LogP contribution < -0.4 is 10.6 Å². The zero-order valence-corrected chi connectivity index (χ0v) is 30.5. The molecule has 7 rings (SSSR count). The first-order valence-electron chi connectivity index (χ1n) is 18.0. The first-order valence-corrected chi connectivity index (χ1v) is 18.0. The zero-order chi connectivity index (χ0) is 39.0. The van der Waals surface area contributed by atoms with Crippen LogP contribution in [0.3, 0.4) is 0 Å². The van der Waals surface area contributed by atoms with Crippen molar-refractivity contribution in [3.05, 3.63) is 156 Å². The third kappa shape index (κ3) is 7.95. The highest BCUT2D eigenvalue weighted by Crippen LogP contribution is 2.37. The minimum Gasteiger partial charge on any atom is -0.463 e. The highest BCUT2D eigenvalue weighted by Gasteiger charge is 2.54. The van der Waals surface area contributed by atoms with Gasteiger partial charge in [0.05, 0.1) is 24.6 Å². The Balaban J connectivity index is 1.31. The Morgan fingerprint density at radius 2 is 1.27 bits per heavy atom. The summed E-state index contributed by atoms with van der Waals surface area (Å²) < 4.78 is 24.8. The van der Waals surface area contributed by atoms with Crippen molar-refractivity contribution in [1.29, 1.82) is 0 Å². The molecule has 4 atom stereocenters. The molecule has 56 heavy (non-hydrogen) atoms. The maximum absolute atomic E-state index is 13.7. The summed E-state index contributed by atoms with van der Waals surface area (Å²) in [6.45, 7) is 2.32. The molecule has 0 radical (unpaired) electrons. The van der Waals surface area contributed by atoms with Gasteiger partial charge in [0.2, 0.25) is 5.82 Å². The van der Waals surface area contributed by atoms with Gasteiger partial charge < -0.3 is 29.6 Å². The smallest absolute Gasteiger partial charge is 0.376 e. The Morgan fingerprint density at radius 1 is 0.732 bits per heavy atom. The van der Waals surface area contributed by atoms with E-state index in [2.05, 4.69) is 25.6 Å². The number of benzene rings is 4. The molecule has 14 heteroatoms. The van der Waals surface area contributed by atoms with Crippen LogP contribution in [0.5, 0.6) is 0 Å². The number of carbonyl (C=O) groups excluding carboxylic acids is 4. The van der Waals surface area contributed by atoms with Gasteiger partial charge in [-0.2, -0.15) is 0 Å². The lowest BCUT2D eigenvalue weighted by atomic mass is 9.91. The second-order valence-corrected chi connectivity index (χ2v) is 12.8. The molecule has 2 aromatic heterocycles. The Hall–Kier alpha value is -6.93. The number of amides is 1. The van der Waals surface area contributed by atoms with E-state index in [9.17, 15) is 19.2 Å². The van der Waals surface area contributed by atoms with Crippen LogP contribution in [0.25, 0.3) is 11.2 Å². The van der Waals surface area contributed by atoms with Gasteiger partial charge in [-0.1, -0.05) is 97.1 Å². The first-order chi connectivity index (χ1) is 27.4. The topological polar surface area (TPSA) is 173 Å². The average molecular weight is 755 g/mol. The lowest BCUT2D eigenvalue weighted by Crippen LogP contribution is -2.46. The van der Waals surface area contributed by atoms with Crippen molar-refractivity contribution in [2.24, 2.45) is 0 Å². The van der Waals surface area contributed by atoms with E-state index in [1.54, 1.807) is 67.6 Å². The highest BCUT2D eigenvalue weighted by molar-refractivity contribution is 5.92. The number of nitrogens with one attached hydrogen (secondary N) is 2. The van der Waals surface area contributed by atoms with E-state index in [0.29, 0.717) is 6.54 Å². The lowest BCUT2D eigenvalue weighted by molar-refractivity contribution is -0.137. The summed E-state index contributed by atoms with van der Waals surface area (Å²) in [4.78, 5) is 67.4. The predicted octanol–water partition coefficient (Wildman–Crippen LogP) is 5.34. The van der Waals surface area contributed by atoms with E-state index in [-0.39, 0.29) is 46.4 Å². The van der Waals surface area contributed by atoms with Crippen LogP contribution >= 0.6 is 0 Å². The number of aromatic nitrogens is 4. The average Bonchev–Trinajstić information content (AvgIpc) is 3.83. The van der Waals surface area contributed by atoms with Gasteiger partial charge in [0.15, 0.2) is 41.5 Å². The van der Waals surface area contributed by atoms with Gasteiger partial charge in [-0.05, 0) is 42.3 Å². The van der Waals surface area contributed by atoms with Gasteiger partial charge in [0.1, 0.15) is 0 Å². The monoisotopic (exact) mass is 754 g/mol. The van der Waals surface area contributed by atoms with Crippen molar-refractivity contribution in [1.82, 2.24) is 24.8 Å². The third-order valence-electron chi connectivity index (χ3n) is 9.24. The first kappa shape index (κ1) is 37.4. The molecular weight excluding hydrogens is 716 g/mol. The van der Waals surface area contributed by atoms with Crippen LogP contribution in [0.1, 0.15) is 61.5 Å². The van der Waals surface area contributed by atoms with Crippen molar-refractivity contribution in [3.63, 3.8) is 0 Å². The standard InChI is InChI=1S/C42H38N6O8/c1-3-43-38(49)33-32(55-40(50)28-20-12-6-13-21-28)34(56-41(51)29-22-14-7-15-23-29)39(54-33)48-25-45-31-35(46-36(42(52)53-2)47-37(31)48)44-24-30(26-16-8-4-9-17-26)27-18-10-5-11-19-27/h4-23,25,30,32-34,39H,3,24H2,1-2H3,(H,43,49)(H,44,46,47)/t32-,33-,34-,39+/m0/s1. The number of ether oxygens (including phenoxy) is 4. The fourth-order valence-electron chi connectivity index (χ4n) is 6.54. The maximum Gasteiger partial charge on any atom is 0.376 e. The minimum atomic E-state index is -1.43. The number of hydrogen-bond acceptors (Lipinski definition) is 12. The van der Waals surface area contributed by atoms with Crippen molar-refractivity contribution in [3.8, 4) is 0 Å². The molecule has 0 aliphatic carbocycles. The van der Waals surface area contributed by atoms with Gasteiger partial charge in [-0.3, -0.25) is 9.36 Å². The number of hydrogen-bond donors (Lipinski definition) is 2. The number of rotatable bonds is 13. The molecule has 0 spiro atoms. The highest BCUT2D eigenvalue weighted by atomic mass is 16.6.